The van der Waals surface area contributed by atoms with Gasteiger partial charge in [0.25, 0.3) is 0 Å². The highest BCUT2D eigenvalue weighted by molar-refractivity contribution is 5.76. The SMILES string of the molecule is Cc1noc(C)c1CCC(=O)N1CCC(c2nnc(-c3ccc(F)cc3)o2)CC1. The van der Waals surface area contributed by atoms with Crippen LogP contribution in [0.4, 0.5) is 4.39 Å². The van der Waals surface area contributed by atoms with E-state index in [0.717, 1.165) is 29.9 Å². The molecule has 3 aromatic rings. The summed E-state index contributed by atoms with van der Waals surface area (Å²) >= 11 is 0. The maximum absolute atomic E-state index is 13.1. The number of carbonyl (C=O) groups is 1. The van der Waals surface area contributed by atoms with Crippen molar-refractivity contribution in [1.29, 1.82) is 0 Å². The van der Waals surface area contributed by atoms with Crippen molar-refractivity contribution in [3.63, 3.8) is 0 Å². The molecule has 152 valence electrons. The number of hydrogen-bond donors (Lipinski definition) is 0. The van der Waals surface area contributed by atoms with E-state index >= 15 is 0 Å². The Morgan fingerprint density at radius 1 is 1.17 bits per heavy atom. The largest absolute Gasteiger partial charge is 0.420 e. The number of likely N-dealkylation sites (tertiary alicyclic amines) is 1. The molecule has 0 saturated carbocycles. The summed E-state index contributed by atoms with van der Waals surface area (Å²) in [6, 6.07) is 5.97. The molecule has 0 aliphatic carbocycles. The van der Waals surface area contributed by atoms with E-state index in [-0.39, 0.29) is 17.6 Å². The Labute approximate surface area is 167 Å². The molecule has 1 saturated heterocycles. The van der Waals surface area contributed by atoms with Crippen LogP contribution in [0.25, 0.3) is 11.5 Å². The molecule has 1 amide bonds. The number of rotatable bonds is 5. The highest BCUT2D eigenvalue weighted by atomic mass is 19.1. The van der Waals surface area contributed by atoms with Gasteiger partial charge in [0.2, 0.25) is 17.7 Å². The Balaban J connectivity index is 1.31. The van der Waals surface area contributed by atoms with Crippen molar-refractivity contribution in [2.75, 3.05) is 13.1 Å². The highest BCUT2D eigenvalue weighted by Gasteiger charge is 2.27. The highest BCUT2D eigenvalue weighted by Crippen LogP contribution is 2.29. The first-order valence-electron chi connectivity index (χ1n) is 9.80. The smallest absolute Gasteiger partial charge is 0.247 e. The Hall–Kier alpha value is -3.03. The molecule has 2 aromatic heterocycles. The second kappa shape index (κ2) is 8.14. The van der Waals surface area contributed by atoms with Gasteiger partial charge >= 0.3 is 0 Å². The van der Waals surface area contributed by atoms with Crippen LogP contribution in [0.1, 0.15) is 48.1 Å². The van der Waals surface area contributed by atoms with Gasteiger partial charge < -0.3 is 13.8 Å². The third-order valence-electron chi connectivity index (χ3n) is 5.50. The van der Waals surface area contributed by atoms with E-state index in [1.54, 1.807) is 12.1 Å². The molecule has 1 aliphatic heterocycles. The Bertz CT molecular complexity index is 968. The zero-order valence-corrected chi connectivity index (χ0v) is 16.5. The average molecular weight is 398 g/mol. The van der Waals surface area contributed by atoms with Gasteiger partial charge in [0.05, 0.1) is 5.69 Å². The third-order valence-corrected chi connectivity index (χ3v) is 5.50. The summed E-state index contributed by atoms with van der Waals surface area (Å²) in [4.78, 5) is 14.5. The topological polar surface area (TPSA) is 85.3 Å². The minimum atomic E-state index is -0.306. The number of piperidine rings is 1. The van der Waals surface area contributed by atoms with Crippen LogP contribution in [0.2, 0.25) is 0 Å². The van der Waals surface area contributed by atoms with Gasteiger partial charge in [-0.15, -0.1) is 10.2 Å². The molecule has 3 heterocycles. The van der Waals surface area contributed by atoms with Crippen molar-refractivity contribution < 1.29 is 18.1 Å². The normalized spacial score (nSPS) is 15.1. The molecular weight excluding hydrogens is 375 g/mol. The molecule has 0 bridgehead atoms. The van der Waals surface area contributed by atoms with Crippen LogP contribution in [0.5, 0.6) is 0 Å². The molecule has 1 fully saturated rings. The van der Waals surface area contributed by atoms with E-state index in [4.69, 9.17) is 8.94 Å². The van der Waals surface area contributed by atoms with Crippen LogP contribution in [-0.4, -0.2) is 39.3 Å². The number of hydrogen-bond acceptors (Lipinski definition) is 6. The quantitative estimate of drug-likeness (QED) is 0.650. The van der Waals surface area contributed by atoms with Gasteiger partial charge in [0.1, 0.15) is 11.6 Å². The van der Waals surface area contributed by atoms with Crippen LogP contribution in [0.3, 0.4) is 0 Å². The second-order valence-electron chi connectivity index (χ2n) is 7.41. The molecule has 0 N–H and O–H groups in total. The van der Waals surface area contributed by atoms with Crippen molar-refractivity contribution in [3.8, 4) is 11.5 Å². The van der Waals surface area contributed by atoms with Crippen molar-refractivity contribution >= 4 is 5.91 Å². The molecule has 1 aromatic carbocycles. The average Bonchev–Trinajstić information content (AvgIpc) is 3.34. The lowest BCUT2D eigenvalue weighted by Gasteiger charge is -2.30. The molecule has 0 spiro atoms. The third kappa shape index (κ3) is 4.21. The first-order valence-corrected chi connectivity index (χ1v) is 9.80. The number of amides is 1. The van der Waals surface area contributed by atoms with Crippen molar-refractivity contribution in [2.45, 2.75) is 45.4 Å². The first-order chi connectivity index (χ1) is 14.0. The summed E-state index contributed by atoms with van der Waals surface area (Å²) in [5.74, 6) is 1.71. The van der Waals surface area contributed by atoms with Crippen LogP contribution < -0.4 is 0 Å². The predicted octanol–water partition coefficient (Wildman–Crippen LogP) is 3.82. The van der Waals surface area contributed by atoms with Gasteiger partial charge in [0, 0.05) is 36.6 Å². The zero-order chi connectivity index (χ0) is 20.4. The van der Waals surface area contributed by atoms with Crippen LogP contribution in [-0.2, 0) is 11.2 Å². The van der Waals surface area contributed by atoms with Crippen LogP contribution in [0.15, 0.2) is 33.2 Å². The summed E-state index contributed by atoms with van der Waals surface area (Å²) < 4.78 is 24.0. The summed E-state index contributed by atoms with van der Waals surface area (Å²) in [6.07, 6.45) is 2.65. The number of benzene rings is 1. The summed E-state index contributed by atoms with van der Waals surface area (Å²) in [7, 11) is 0. The molecule has 1 aliphatic rings. The molecule has 29 heavy (non-hydrogen) atoms. The summed E-state index contributed by atoms with van der Waals surface area (Å²) in [6.45, 7) is 5.10. The molecule has 7 nitrogen and oxygen atoms in total. The van der Waals surface area contributed by atoms with E-state index in [2.05, 4.69) is 15.4 Å². The van der Waals surface area contributed by atoms with E-state index in [1.165, 1.54) is 12.1 Å². The summed E-state index contributed by atoms with van der Waals surface area (Å²) in [5.41, 5.74) is 2.56. The van der Waals surface area contributed by atoms with Gasteiger partial charge in [-0.25, -0.2) is 4.39 Å². The number of carbonyl (C=O) groups excluding carboxylic acids is 1. The fourth-order valence-electron chi connectivity index (χ4n) is 3.73. The van der Waals surface area contributed by atoms with Gasteiger partial charge in [-0.2, -0.15) is 0 Å². The number of nitrogens with zero attached hydrogens (tertiary/aromatic N) is 4. The maximum Gasteiger partial charge on any atom is 0.247 e. The van der Waals surface area contributed by atoms with Gasteiger partial charge in [-0.3, -0.25) is 4.79 Å². The molecule has 0 radical (unpaired) electrons. The van der Waals surface area contributed by atoms with E-state index in [9.17, 15) is 9.18 Å². The van der Waals surface area contributed by atoms with Gasteiger partial charge in [-0.05, 0) is 57.4 Å². The van der Waals surface area contributed by atoms with E-state index in [0.29, 0.717) is 43.3 Å². The standard InChI is InChI=1S/C21H23FN4O3/c1-13-18(14(2)29-25-13)7-8-19(27)26-11-9-16(10-12-26)21-24-23-20(28-21)15-3-5-17(22)6-4-15/h3-6,16H,7-12H2,1-2H3. The van der Waals surface area contributed by atoms with Crippen molar-refractivity contribution in [2.24, 2.45) is 0 Å². The molecule has 0 atom stereocenters. The van der Waals surface area contributed by atoms with Crippen molar-refractivity contribution in [1.82, 2.24) is 20.3 Å². The lowest BCUT2D eigenvalue weighted by Crippen LogP contribution is -2.38. The van der Waals surface area contributed by atoms with E-state index < -0.39 is 0 Å². The monoisotopic (exact) mass is 398 g/mol. The number of aromatic nitrogens is 3. The summed E-state index contributed by atoms with van der Waals surface area (Å²) in [5, 5.41) is 12.2. The van der Waals surface area contributed by atoms with Crippen LogP contribution >= 0.6 is 0 Å². The predicted molar refractivity (Wildman–Crippen MR) is 103 cm³/mol. The van der Waals surface area contributed by atoms with Gasteiger partial charge in [0.15, 0.2) is 0 Å². The molecule has 4 rings (SSSR count). The Morgan fingerprint density at radius 3 is 2.55 bits per heavy atom. The van der Waals surface area contributed by atoms with E-state index in [1.807, 2.05) is 18.7 Å². The Morgan fingerprint density at radius 2 is 1.90 bits per heavy atom. The number of aryl methyl sites for hydroxylation is 2. The second-order valence-corrected chi connectivity index (χ2v) is 7.41. The zero-order valence-electron chi connectivity index (χ0n) is 16.5. The lowest BCUT2D eigenvalue weighted by atomic mass is 9.96. The number of halogens is 1. The minimum Gasteiger partial charge on any atom is -0.420 e. The molecule has 0 unspecified atom stereocenters. The Kier molecular flexibility index (Phi) is 5.42. The minimum absolute atomic E-state index is 0.128. The first kappa shape index (κ1) is 19.3. The fraction of sp³-hybridized carbons (Fsp3) is 0.429. The molecule has 8 heteroatoms. The maximum atomic E-state index is 13.1. The van der Waals surface area contributed by atoms with Gasteiger partial charge in [-0.1, -0.05) is 5.16 Å². The molecular formula is C21H23FN4O3. The fourth-order valence-corrected chi connectivity index (χ4v) is 3.73. The van der Waals surface area contributed by atoms with Crippen LogP contribution in [0, 0.1) is 19.7 Å². The lowest BCUT2D eigenvalue weighted by molar-refractivity contribution is -0.132. The van der Waals surface area contributed by atoms with Crippen molar-refractivity contribution in [3.05, 3.63) is 53.0 Å².